The lowest BCUT2D eigenvalue weighted by molar-refractivity contribution is 0.444. The number of nitrogens with two attached hydrogens (primary N) is 1. The number of aryl methyl sites for hydroxylation is 1. The Kier molecular flexibility index (Phi) is 2.53. The van der Waals surface area contributed by atoms with Gasteiger partial charge in [-0.3, -0.25) is 0 Å². The van der Waals surface area contributed by atoms with E-state index < -0.39 is 6.67 Å². The van der Waals surface area contributed by atoms with E-state index in [0.717, 1.165) is 0 Å². The van der Waals surface area contributed by atoms with Gasteiger partial charge in [0.25, 0.3) is 0 Å². The Morgan fingerprint density at radius 3 is 3.09 bits per heavy atom. The zero-order valence-corrected chi connectivity index (χ0v) is 6.64. The van der Waals surface area contributed by atoms with Crippen LogP contribution in [0.1, 0.15) is 5.82 Å². The van der Waals surface area contributed by atoms with Crippen LogP contribution in [0.2, 0.25) is 0 Å². The van der Waals surface area contributed by atoms with Crippen LogP contribution in [0.4, 0.5) is 4.39 Å². The Balaban J connectivity index is 2.87. The van der Waals surface area contributed by atoms with Crippen LogP contribution in [0.5, 0.6) is 0 Å². The molecule has 2 N–H and O–H groups in total. The fraction of sp³-hybridized carbons (Fsp3) is 0.333. The molecular formula is C6H8FN3S. The summed E-state index contributed by atoms with van der Waals surface area (Å²) in [6.45, 7) is -0.182. The van der Waals surface area contributed by atoms with Gasteiger partial charge >= 0.3 is 0 Å². The third-order valence-corrected chi connectivity index (χ3v) is 1.44. The molecule has 0 aliphatic heterocycles. The van der Waals surface area contributed by atoms with Crippen LogP contribution in [0, 0.1) is 0 Å². The molecule has 1 heterocycles. The molecule has 0 spiro atoms. The molecule has 5 heteroatoms. The van der Waals surface area contributed by atoms with Gasteiger partial charge in [-0.2, -0.15) is 0 Å². The average Bonchev–Trinajstić information content (AvgIpc) is 2.36. The van der Waals surface area contributed by atoms with E-state index in [0.29, 0.717) is 5.82 Å². The molecule has 1 rings (SSSR count). The van der Waals surface area contributed by atoms with Crippen LogP contribution in [0.25, 0.3) is 0 Å². The summed E-state index contributed by atoms with van der Waals surface area (Å²) in [6.07, 6.45) is 3.19. The van der Waals surface area contributed by atoms with Crippen molar-refractivity contribution >= 4 is 17.2 Å². The van der Waals surface area contributed by atoms with E-state index in [1.54, 1.807) is 17.0 Å². The van der Waals surface area contributed by atoms with Crippen molar-refractivity contribution < 1.29 is 4.39 Å². The third kappa shape index (κ3) is 1.74. The molecule has 0 atom stereocenters. The van der Waals surface area contributed by atoms with Gasteiger partial charge in [-0.05, 0) is 0 Å². The number of rotatable bonds is 3. The van der Waals surface area contributed by atoms with Crippen molar-refractivity contribution in [1.29, 1.82) is 0 Å². The van der Waals surface area contributed by atoms with Crippen LogP contribution in [0.15, 0.2) is 12.4 Å². The lowest BCUT2D eigenvalue weighted by Crippen LogP contribution is -2.17. The summed E-state index contributed by atoms with van der Waals surface area (Å²) in [4.78, 5) is 4.06. The maximum absolute atomic E-state index is 11.9. The first-order valence-corrected chi connectivity index (χ1v) is 3.53. The van der Waals surface area contributed by atoms with Crippen molar-refractivity contribution in [3.8, 4) is 0 Å². The lowest BCUT2D eigenvalue weighted by Gasteiger charge is -2.01. The fourth-order valence-corrected chi connectivity index (χ4v) is 0.976. The molecule has 60 valence electrons. The first-order valence-electron chi connectivity index (χ1n) is 3.12. The zero-order valence-electron chi connectivity index (χ0n) is 5.83. The molecule has 0 radical (unpaired) electrons. The highest BCUT2D eigenvalue weighted by Crippen LogP contribution is 1.96. The number of imidazole rings is 1. The molecule has 3 nitrogen and oxygen atoms in total. The minimum absolute atomic E-state index is 0.198. The molecule has 1 aromatic rings. The first-order chi connectivity index (χ1) is 5.25. The second kappa shape index (κ2) is 3.43. The van der Waals surface area contributed by atoms with Crippen molar-refractivity contribution in [3.05, 3.63) is 18.2 Å². The minimum atomic E-state index is -0.439. The molecule has 0 fully saturated rings. The van der Waals surface area contributed by atoms with Gasteiger partial charge < -0.3 is 10.3 Å². The summed E-state index contributed by atoms with van der Waals surface area (Å²) >= 11 is 4.69. The lowest BCUT2D eigenvalue weighted by atomic mass is 10.5. The SMILES string of the molecule is NC(=S)c1nccn1CCF. The van der Waals surface area contributed by atoms with Gasteiger partial charge in [0.1, 0.15) is 11.7 Å². The second-order valence-corrected chi connectivity index (χ2v) is 2.44. The Hall–Kier alpha value is -0.970. The fourth-order valence-electron chi connectivity index (χ4n) is 0.806. The zero-order chi connectivity index (χ0) is 8.27. The molecule has 0 aliphatic carbocycles. The highest BCUT2D eigenvalue weighted by atomic mass is 32.1. The Bertz CT molecular complexity index is 258. The van der Waals surface area contributed by atoms with Crippen LogP contribution in [-0.2, 0) is 6.54 Å². The number of hydrogen-bond donors (Lipinski definition) is 1. The maximum atomic E-state index is 11.9. The predicted octanol–water partition coefficient (Wildman–Crippen LogP) is 0.487. The van der Waals surface area contributed by atoms with E-state index in [1.807, 2.05) is 0 Å². The van der Waals surface area contributed by atoms with E-state index in [1.165, 1.54) is 0 Å². The number of aromatic nitrogens is 2. The van der Waals surface area contributed by atoms with Crippen molar-refractivity contribution in [1.82, 2.24) is 9.55 Å². The van der Waals surface area contributed by atoms with Crippen molar-refractivity contribution in [2.75, 3.05) is 6.67 Å². The number of thiocarbonyl (C=S) groups is 1. The Morgan fingerprint density at radius 2 is 2.55 bits per heavy atom. The molecule has 0 amide bonds. The van der Waals surface area contributed by atoms with Gasteiger partial charge in [-0.25, -0.2) is 9.37 Å². The van der Waals surface area contributed by atoms with E-state index >= 15 is 0 Å². The van der Waals surface area contributed by atoms with Gasteiger partial charge in [0.15, 0.2) is 5.82 Å². The summed E-state index contributed by atoms with van der Waals surface area (Å²) in [6, 6.07) is 0. The molecule has 0 saturated heterocycles. The van der Waals surface area contributed by atoms with Crippen molar-refractivity contribution in [2.24, 2.45) is 5.73 Å². The molecule has 0 bridgehead atoms. The van der Waals surface area contributed by atoms with Gasteiger partial charge in [-0.15, -0.1) is 0 Å². The molecule has 11 heavy (non-hydrogen) atoms. The van der Waals surface area contributed by atoms with Crippen molar-refractivity contribution in [2.45, 2.75) is 6.54 Å². The number of nitrogens with zero attached hydrogens (tertiary/aromatic N) is 2. The highest BCUT2D eigenvalue weighted by Gasteiger charge is 2.03. The average molecular weight is 173 g/mol. The summed E-state index contributed by atoms with van der Waals surface area (Å²) in [7, 11) is 0. The smallest absolute Gasteiger partial charge is 0.167 e. The Labute approximate surface area is 69.0 Å². The van der Waals surface area contributed by atoms with E-state index in [9.17, 15) is 4.39 Å². The van der Waals surface area contributed by atoms with Gasteiger partial charge in [0, 0.05) is 12.4 Å². The largest absolute Gasteiger partial charge is 0.387 e. The van der Waals surface area contributed by atoms with Crippen molar-refractivity contribution in [3.63, 3.8) is 0 Å². The monoisotopic (exact) mass is 173 g/mol. The highest BCUT2D eigenvalue weighted by molar-refractivity contribution is 7.80. The van der Waals surface area contributed by atoms with Crippen LogP contribution in [-0.4, -0.2) is 21.2 Å². The summed E-state index contributed by atoms with van der Waals surface area (Å²) in [5, 5.41) is 0. The molecule has 0 aliphatic rings. The third-order valence-electron chi connectivity index (χ3n) is 1.26. The number of hydrogen-bond acceptors (Lipinski definition) is 2. The normalized spacial score (nSPS) is 9.91. The Morgan fingerprint density at radius 1 is 1.82 bits per heavy atom. The van der Waals surface area contributed by atoms with Gasteiger partial charge in [0.05, 0.1) is 6.54 Å². The van der Waals surface area contributed by atoms with E-state index in [2.05, 4.69) is 17.2 Å². The van der Waals surface area contributed by atoms with Gasteiger partial charge in [-0.1, -0.05) is 12.2 Å². The van der Waals surface area contributed by atoms with Crippen LogP contribution >= 0.6 is 12.2 Å². The van der Waals surface area contributed by atoms with E-state index in [-0.39, 0.29) is 11.5 Å². The summed E-state index contributed by atoms with van der Waals surface area (Å²) in [5.41, 5.74) is 5.31. The predicted molar refractivity (Wildman–Crippen MR) is 44.1 cm³/mol. The maximum Gasteiger partial charge on any atom is 0.167 e. The number of halogens is 1. The van der Waals surface area contributed by atoms with E-state index in [4.69, 9.17) is 5.73 Å². The number of alkyl halides is 1. The standard InChI is InChI=1S/C6H8FN3S/c7-1-3-10-4-2-9-6(10)5(8)11/h2,4H,1,3H2,(H2,8,11). The van der Waals surface area contributed by atoms with Crippen LogP contribution in [0.3, 0.4) is 0 Å². The minimum Gasteiger partial charge on any atom is -0.387 e. The molecule has 1 aromatic heterocycles. The molecule has 0 aromatic carbocycles. The van der Waals surface area contributed by atoms with Crippen LogP contribution < -0.4 is 5.73 Å². The van der Waals surface area contributed by atoms with Gasteiger partial charge in [0.2, 0.25) is 0 Å². The molecular weight excluding hydrogens is 165 g/mol. The summed E-state index contributed by atoms with van der Waals surface area (Å²) in [5.74, 6) is 0.470. The second-order valence-electron chi connectivity index (χ2n) is 2.00. The molecule has 0 unspecified atom stereocenters. The molecule has 0 saturated carbocycles. The quantitative estimate of drug-likeness (QED) is 0.676. The summed E-state index contributed by atoms with van der Waals surface area (Å²) < 4.78 is 13.5. The topological polar surface area (TPSA) is 43.8 Å². The first kappa shape index (κ1) is 8.13.